The van der Waals surface area contributed by atoms with Gasteiger partial charge in [-0.2, -0.15) is 4.31 Å². The van der Waals surface area contributed by atoms with Gasteiger partial charge in [0, 0.05) is 12.6 Å². The number of thiophene rings is 1. The molecule has 0 radical (unpaired) electrons. The molecule has 0 aliphatic carbocycles. The van der Waals surface area contributed by atoms with Crippen molar-refractivity contribution in [3.8, 4) is 11.5 Å². The maximum Gasteiger partial charge on any atom is 0.269 e. The molecular formula is C18H23N3O6S2. The lowest BCUT2D eigenvalue weighted by Crippen LogP contribution is -2.46. The molecule has 0 bridgehead atoms. The molecule has 1 aromatic heterocycles. The van der Waals surface area contributed by atoms with Gasteiger partial charge in [0.25, 0.3) is 21.8 Å². The number of carbonyl (C=O) groups excluding carboxylic acids is 2. The summed E-state index contributed by atoms with van der Waals surface area (Å²) in [5.41, 5.74) is 4.69. The van der Waals surface area contributed by atoms with Crippen molar-refractivity contribution in [3.63, 3.8) is 0 Å². The lowest BCUT2D eigenvalue weighted by molar-refractivity contribution is -0.121. The van der Waals surface area contributed by atoms with Crippen LogP contribution < -0.4 is 20.3 Å². The van der Waals surface area contributed by atoms with Crippen LogP contribution in [0.1, 0.15) is 23.7 Å². The molecule has 0 aliphatic heterocycles. The summed E-state index contributed by atoms with van der Waals surface area (Å²) in [6, 6.07) is 7.69. The van der Waals surface area contributed by atoms with E-state index in [0.29, 0.717) is 18.1 Å². The van der Waals surface area contributed by atoms with E-state index in [1.54, 1.807) is 17.5 Å². The van der Waals surface area contributed by atoms with Crippen molar-refractivity contribution in [2.24, 2.45) is 0 Å². The number of benzene rings is 1. The first-order chi connectivity index (χ1) is 13.8. The summed E-state index contributed by atoms with van der Waals surface area (Å²) in [6.45, 7) is 2.04. The minimum absolute atomic E-state index is 0.134. The summed E-state index contributed by atoms with van der Waals surface area (Å²) >= 11 is 1.06. The maximum atomic E-state index is 12.3. The molecule has 0 spiro atoms. The standard InChI is InChI=1S/C18H23N3O6S2/c1-4-9-27-14-8-7-13(11-15(14)26-3)18(23)20-19-16(22)12-21(2)29(24,25)17-6-5-10-28-17/h5-8,10-11H,4,9,12H2,1-3H3,(H,19,22)(H,20,23). The third-order valence-corrected chi connectivity index (χ3v) is 6.91. The van der Waals surface area contributed by atoms with E-state index in [0.717, 1.165) is 22.1 Å². The number of methoxy groups -OCH3 is 1. The number of nitrogens with one attached hydrogen (secondary N) is 2. The molecule has 2 rings (SSSR count). The van der Waals surface area contributed by atoms with Gasteiger partial charge >= 0.3 is 0 Å². The Morgan fingerprint density at radius 1 is 1.17 bits per heavy atom. The van der Waals surface area contributed by atoms with Crippen LogP contribution in [0.4, 0.5) is 0 Å². The van der Waals surface area contributed by atoms with Crippen LogP contribution in [0.3, 0.4) is 0 Å². The Morgan fingerprint density at radius 3 is 2.55 bits per heavy atom. The van der Waals surface area contributed by atoms with Crippen LogP contribution >= 0.6 is 11.3 Å². The summed E-state index contributed by atoms with van der Waals surface area (Å²) in [5, 5.41) is 1.63. The molecule has 2 N–H and O–H groups in total. The van der Waals surface area contributed by atoms with E-state index < -0.39 is 28.4 Å². The Kier molecular flexibility index (Phi) is 8.00. The highest BCUT2D eigenvalue weighted by atomic mass is 32.2. The number of hydrazine groups is 1. The first-order valence-electron chi connectivity index (χ1n) is 8.69. The quantitative estimate of drug-likeness (QED) is 0.572. The second-order valence-corrected chi connectivity index (χ2v) is 9.13. The Hall–Kier alpha value is -2.63. The highest BCUT2D eigenvalue weighted by Crippen LogP contribution is 2.28. The van der Waals surface area contributed by atoms with E-state index >= 15 is 0 Å². The molecule has 0 saturated carbocycles. The van der Waals surface area contributed by atoms with Crippen molar-refractivity contribution >= 4 is 33.2 Å². The van der Waals surface area contributed by atoms with Crippen LogP contribution in [0.25, 0.3) is 0 Å². The number of hydrogen-bond acceptors (Lipinski definition) is 7. The lowest BCUT2D eigenvalue weighted by atomic mass is 10.2. The molecule has 0 aliphatic rings. The number of likely N-dealkylation sites (N-methyl/N-ethyl adjacent to an activating group) is 1. The van der Waals surface area contributed by atoms with Crippen LogP contribution in [-0.2, 0) is 14.8 Å². The van der Waals surface area contributed by atoms with Crippen LogP contribution in [0, 0.1) is 0 Å². The van der Waals surface area contributed by atoms with Gasteiger partial charge in [-0.3, -0.25) is 20.4 Å². The number of hydrogen-bond donors (Lipinski definition) is 2. The van der Waals surface area contributed by atoms with E-state index in [-0.39, 0.29) is 9.77 Å². The van der Waals surface area contributed by atoms with Gasteiger partial charge in [0.2, 0.25) is 0 Å². The lowest BCUT2D eigenvalue weighted by Gasteiger charge is -2.16. The molecule has 158 valence electrons. The minimum atomic E-state index is -3.76. The Balaban J connectivity index is 1.94. The molecule has 9 nitrogen and oxygen atoms in total. The van der Waals surface area contributed by atoms with E-state index in [2.05, 4.69) is 10.9 Å². The fourth-order valence-corrected chi connectivity index (χ4v) is 4.56. The number of nitrogens with zero attached hydrogens (tertiary/aromatic N) is 1. The van der Waals surface area contributed by atoms with Crippen molar-refractivity contribution < 1.29 is 27.5 Å². The Labute approximate surface area is 173 Å². The van der Waals surface area contributed by atoms with Crippen molar-refractivity contribution in [2.75, 3.05) is 27.3 Å². The molecule has 1 aromatic carbocycles. The molecule has 29 heavy (non-hydrogen) atoms. The van der Waals surface area contributed by atoms with Gasteiger partial charge in [-0.05, 0) is 36.1 Å². The first-order valence-corrected chi connectivity index (χ1v) is 11.0. The molecule has 2 amide bonds. The number of carbonyl (C=O) groups is 2. The average Bonchev–Trinajstić information content (AvgIpc) is 3.26. The number of amides is 2. The zero-order chi connectivity index (χ0) is 21.4. The predicted octanol–water partition coefficient (Wildman–Crippen LogP) is 1.63. The molecule has 11 heteroatoms. The number of sulfonamides is 1. The van der Waals surface area contributed by atoms with Crippen LogP contribution in [0.5, 0.6) is 11.5 Å². The molecule has 0 fully saturated rings. The van der Waals surface area contributed by atoms with E-state index in [4.69, 9.17) is 9.47 Å². The first kappa shape index (κ1) is 22.7. The van der Waals surface area contributed by atoms with E-state index in [1.165, 1.54) is 32.4 Å². The summed E-state index contributed by atoms with van der Waals surface area (Å²) in [7, 11) is -1.01. The molecular weight excluding hydrogens is 418 g/mol. The Morgan fingerprint density at radius 2 is 1.93 bits per heavy atom. The Bertz CT molecular complexity index is 945. The molecule has 0 saturated heterocycles. The summed E-state index contributed by atoms with van der Waals surface area (Å²) in [6.07, 6.45) is 0.827. The maximum absolute atomic E-state index is 12.3. The zero-order valence-corrected chi connectivity index (χ0v) is 17.9. The second-order valence-electron chi connectivity index (χ2n) is 5.91. The van der Waals surface area contributed by atoms with Crippen LogP contribution in [0.15, 0.2) is 39.9 Å². The molecule has 0 atom stereocenters. The van der Waals surface area contributed by atoms with E-state index in [1.807, 2.05) is 6.92 Å². The third kappa shape index (κ3) is 5.92. The predicted molar refractivity (Wildman–Crippen MR) is 109 cm³/mol. The van der Waals surface area contributed by atoms with Gasteiger partial charge in [0.05, 0.1) is 20.3 Å². The fraction of sp³-hybridized carbons (Fsp3) is 0.333. The summed E-state index contributed by atoms with van der Waals surface area (Å²) in [5.74, 6) is -0.368. The van der Waals surface area contributed by atoms with Gasteiger partial charge in [-0.25, -0.2) is 8.42 Å². The van der Waals surface area contributed by atoms with Crippen LogP contribution in [0.2, 0.25) is 0 Å². The van der Waals surface area contributed by atoms with Gasteiger partial charge in [0.15, 0.2) is 11.5 Å². The van der Waals surface area contributed by atoms with Gasteiger partial charge in [-0.15, -0.1) is 11.3 Å². The number of rotatable bonds is 9. The summed E-state index contributed by atoms with van der Waals surface area (Å²) in [4.78, 5) is 24.3. The summed E-state index contributed by atoms with van der Waals surface area (Å²) < 4.78 is 36.4. The average molecular weight is 442 g/mol. The topological polar surface area (TPSA) is 114 Å². The second kappa shape index (κ2) is 10.2. The van der Waals surface area contributed by atoms with Crippen molar-refractivity contribution in [1.82, 2.24) is 15.2 Å². The fourth-order valence-electron chi connectivity index (χ4n) is 2.23. The molecule has 1 heterocycles. The van der Waals surface area contributed by atoms with Crippen molar-refractivity contribution in [2.45, 2.75) is 17.6 Å². The molecule has 0 unspecified atom stereocenters. The van der Waals surface area contributed by atoms with Gasteiger partial charge in [-0.1, -0.05) is 13.0 Å². The smallest absolute Gasteiger partial charge is 0.269 e. The third-order valence-electron chi connectivity index (χ3n) is 3.73. The monoisotopic (exact) mass is 441 g/mol. The largest absolute Gasteiger partial charge is 0.493 e. The van der Waals surface area contributed by atoms with Crippen molar-refractivity contribution in [3.05, 3.63) is 41.3 Å². The van der Waals surface area contributed by atoms with Gasteiger partial charge < -0.3 is 9.47 Å². The SMILES string of the molecule is CCCOc1ccc(C(=O)NNC(=O)CN(C)S(=O)(=O)c2cccs2)cc1OC. The number of ether oxygens (including phenoxy) is 2. The minimum Gasteiger partial charge on any atom is -0.493 e. The highest BCUT2D eigenvalue weighted by molar-refractivity contribution is 7.91. The van der Waals surface area contributed by atoms with Crippen molar-refractivity contribution in [1.29, 1.82) is 0 Å². The van der Waals surface area contributed by atoms with Gasteiger partial charge in [0.1, 0.15) is 4.21 Å². The zero-order valence-electron chi connectivity index (χ0n) is 16.3. The van der Waals surface area contributed by atoms with Crippen LogP contribution in [-0.4, -0.2) is 51.8 Å². The van der Waals surface area contributed by atoms with E-state index in [9.17, 15) is 18.0 Å². The normalized spacial score (nSPS) is 11.2. The highest BCUT2D eigenvalue weighted by Gasteiger charge is 2.24. The molecule has 2 aromatic rings.